The summed E-state index contributed by atoms with van der Waals surface area (Å²) in [6.07, 6.45) is 0. The van der Waals surface area contributed by atoms with Crippen molar-refractivity contribution in [3.8, 4) is 5.75 Å². The van der Waals surface area contributed by atoms with Crippen molar-refractivity contribution in [2.45, 2.75) is 12.8 Å². The molecule has 1 aromatic heterocycles. The first-order valence-electron chi connectivity index (χ1n) is 5.74. The van der Waals surface area contributed by atoms with E-state index in [1.54, 1.807) is 12.1 Å². The minimum atomic E-state index is -0.303. The number of rotatable bonds is 5. The van der Waals surface area contributed by atoms with Gasteiger partial charge in [-0.25, -0.2) is 4.39 Å². The molecular formula is C14H15FO3. The Labute approximate surface area is 105 Å². The first-order chi connectivity index (χ1) is 8.69. The lowest BCUT2D eigenvalue weighted by molar-refractivity contribution is 0.189. The summed E-state index contributed by atoms with van der Waals surface area (Å²) in [5.41, 5.74) is 0. The van der Waals surface area contributed by atoms with E-state index in [9.17, 15) is 9.50 Å². The Kier molecular flexibility index (Phi) is 3.99. The van der Waals surface area contributed by atoms with Gasteiger partial charge in [0, 0.05) is 0 Å². The van der Waals surface area contributed by atoms with Crippen LogP contribution in [0.5, 0.6) is 5.75 Å². The summed E-state index contributed by atoms with van der Waals surface area (Å²) in [7, 11) is 0. The number of hydrogen-bond donors (Lipinski definition) is 1. The zero-order chi connectivity index (χ0) is 13.0. The highest BCUT2D eigenvalue weighted by Gasteiger charge is 2.15. The molecule has 4 heteroatoms. The first-order valence-corrected chi connectivity index (χ1v) is 5.74. The Bertz CT molecular complexity index is 490. The van der Waals surface area contributed by atoms with E-state index in [-0.39, 0.29) is 24.9 Å². The maximum atomic E-state index is 12.7. The Morgan fingerprint density at radius 2 is 1.94 bits per heavy atom. The third-order valence-electron chi connectivity index (χ3n) is 2.65. The summed E-state index contributed by atoms with van der Waals surface area (Å²) < 4.78 is 23.6. The van der Waals surface area contributed by atoms with Crippen molar-refractivity contribution in [2.24, 2.45) is 0 Å². The Balaban J connectivity index is 1.97. The average molecular weight is 250 g/mol. The molecule has 1 N–H and O–H groups in total. The van der Waals surface area contributed by atoms with Crippen molar-refractivity contribution in [1.82, 2.24) is 0 Å². The number of halogens is 1. The van der Waals surface area contributed by atoms with Crippen molar-refractivity contribution < 1.29 is 18.7 Å². The molecule has 1 unspecified atom stereocenters. The number of ether oxygens (including phenoxy) is 1. The van der Waals surface area contributed by atoms with Crippen LogP contribution in [0.25, 0.3) is 0 Å². The van der Waals surface area contributed by atoms with E-state index in [1.807, 2.05) is 19.1 Å². The van der Waals surface area contributed by atoms with E-state index in [2.05, 4.69) is 0 Å². The third-order valence-corrected chi connectivity index (χ3v) is 2.65. The normalized spacial score (nSPS) is 12.4. The molecule has 1 heterocycles. The van der Waals surface area contributed by atoms with Crippen LogP contribution in [0, 0.1) is 12.7 Å². The summed E-state index contributed by atoms with van der Waals surface area (Å²) in [5, 5.41) is 9.31. The summed E-state index contributed by atoms with van der Waals surface area (Å²) in [5.74, 6) is 1.53. The van der Waals surface area contributed by atoms with Crippen LogP contribution in [0.15, 0.2) is 40.8 Å². The molecule has 0 radical (unpaired) electrons. The number of aliphatic hydroxyl groups excluding tert-OH is 1. The van der Waals surface area contributed by atoms with Gasteiger partial charge in [0.15, 0.2) is 0 Å². The van der Waals surface area contributed by atoms with Crippen LogP contribution in [-0.4, -0.2) is 18.3 Å². The number of aryl methyl sites for hydroxylation is 1. The molecule has 0 bridgehead atoms. The fraction of sp³-hybridized carbons (Fsp3) is 0.286. The van der Waals surface area contributed by atoms with Crippen molar-refractivity contribution >= 4 is 0 Å². The van der Waals surface area contributed by atoms with Gasteiger partial charge in [-0.3, -0.25) is 0 Å². The lowest BCUT2D eigenvalue weighted by Gasteiger charge is -2.13. The molecule has 96 valence electrons. The zero-order valence-corrected chi connectivity index (χ0v) is 10.1. The summed E-state index contributed by atoms with van der Waals surface area (Å²) in [6, 6.07) is 9.44. The van der Waals surface area contributed by atoms with E-state index in [0.717, 1.165) is 5.76 Å². The van der Waals surface area contributed by atoms with Crippen LogP contribution >= 0.6 is 0 Å². The van der Waals surface area contributed by atoms with Crippen molar-refractivity contribution in [3.05, 3.63) is 53.7 Å². The molecule has 0 saturated carbocycles. The summed E-state index contributed by atoms with van der Waals surface area (Å²) in [4.78, 5) is 0. The van der Waals surface area contributed by atoms with Crippen LogP contribution in [0.1, 0.15) is 17.4 Å². The van der Waals surface area contributed by atoms with Gasteiger partial charge < -0.3 is 14.3 Å². The van der Waals surface area contributed by atoms with E-state index in [1.165, 1.54) is 12.1 Å². The van der Waals surface area contributed by atoms with Gasteiger partial charge in [-0.2, -0.15) is 0 Å². The highest BCUT2D eigenvalue weighted by molar-refractivity contribution is 5.22. The fourth-order valence-electron chi connectivity index (χ4n) is 1.63. The number of furan rings is 1. The second kappa shape index (κ2) is 5.69. The van der Waals surface area contributed by atoms with E-state index in [0.29, 0.717) is 11.5 Å². The predicted molar refractivity (Wildman–Crippen MR) is 65.2 cm³/mol. The van der Waals surface area contributed by atoms with Gasteiger partial charge in [0.1, 0.15) is 29.7 Å². The summed E-state index contributed by atoms with van der Waals surface area (Å²) >= 11 is 0. The molecule has 0 fully saturated rings. The number of hydrogen-bond acceptors (Lipinski definition) is 3. The monoisotopic (exact) mass is 250 g/mol. The number of benzene rings is 1. The third kappa shape index (κ3) is 3.11. The summed E-state index contributed by atoms with van der Waals surface area (Å²) in [6.45, 7) is 2.07. The number of aliphatic hydroxyl groups is 1. The van der Waals surface area contributed by atoms with Gasteiger partial charge in [-0.05, 0) is 43.3 Å². The molecule has 18 heavy (non-hydrogen) atoms. The van der Waals surface area contributed by atoms with E-state index in [4.69, 9.17) is 9.15 Å². The predicted octanol–water partition coefficient (Wildman–Crippen LogP) is 2.88. The Morgan fingerprint density at radius 3 is 2.50 bits per heavy atom. The molecule has 0 saturated heterocycles. The molecule has 0 spiro atoms. The van der Waals surface area contributed by atoms with Gasteiger partial charge >= 0.3 is 0 Å². The lowest BCUT2D eigenvalue weighted by atomic mass is 10.1. The lowest BCUT2D eigenvalue weighted by Crippen LogP contribution is -2.13. The zero-order valence-electron chi connectivity index (χ0n) is 10.1. The molecule has 1 atom stereocenters. The van der Waals surface area contributed by atoms with Gasteiger partial charge in [-0.1, -0.05) is 0 Å². The van der Waals surface area contributed by atoms with Crippen LogP contribution < -0.4 is 4.74 Å². The maximum absolute atomic E-state index is 12.7. The topological polar surface area (TPSA) is 42.6 Å². The van der Waals surface area contributed by atoms with Crippen molar-refractivity contribution in [2.75, 3.05) is 13.2 Å². The second-order valence-electron chi connectivity index (χ2n) is 4.09. The highest BCUT2D eigenvalue weighted by atomic mass is 19.1. The Morgan fingerprint density at radius 1 is 1.22 bits per heavy atom. The maximum Gasteiger partial charge on any atom is 0.123 e. The average Bonchev–Trinajstić information content (AvgIpc) is 2.79. The standard InChI is InChI=1S/C14H15FO3/c1-10-2-7-14(18-10)11(8-16)9-17-13-5-3-12(15)4-6-13/h2-7,11,16H,8-9H2,1H3. The second-order valence-corrected chi connectivity index (χ2v) is 4.09. The minimum Gasteiger partial charge on any atom is -0.493 e. The minimum absolute atomic E-state index is 0.0614. The van der Waals surface area contributed by atoms with Crippen molar-refractivity contribution in [3.63, 3.8) is 0 Å². The molecule has 0 aliphatic heterocycles. The quantitative estimate of drug-likeness (QED) is 0.887. The largest absolute Gasteiger partial charge is 0.493 e. The molecule has 0 aliphatic carbocycles. The molecule has 2 aromatic rings. The molecule has 3 nitrogen and oxygen atoms in total. The van der Waals surface area contributed by atoms with Gasteiger partial charge in [-0.15, -0.1) is 0 Å². The highest BCUT2D eigenvalue weighted by Crippen LogP contribution is 2.20. The van der Waals surface area contributed by atoms with Crippen LogP contribution in [0.2, 0.25) is 0 Å². The van der Waals surface area contributed by atoms with Gasteiger partial charge in [0.05, 0.1) is 12.5 Å². The smallest absolute Gasteiger partial charge is 0.123 e. The van der Waals surface area contributed by atoms with Crippen molar-refractivity contribution in [1.29, 1.82) is 0 Å². The molecule has 0 aliphatic rings. The molecule has 0 amide bonds. The van der Waals surface area contributed by atoms with Crippen LogP contribution in [-0.2, 0) is 0 Å². The Hall–Kier alpha value is -1.81. The SMILES string of the molecule is Cc1ccc(C(CO)COc2ccc(F)cc2)o1. The molecule has 2 rings (SSSR count). The first kappa shape index (κ1) is 12.6. The van der Waals surface area contributed by atoms with E-state index >= 15 is 0 Å². The van der Waals surface area contributed by atoms with Gasteiger partial charge in [0.25, 0.3) is 0 Å². The molecule has 1 aromatic carbocycles. The molecular weight excluding hydrogens is 235 g/mol. The van der Waals surface area contributed by atoms with Gasteiger partial charge in [0.2, 0.25) is 0 Å². The van der Waals surface area contributed by atoms with Crippen LogP contribution in [0.4, 0.5) is 4.39 Å². The van der Waals surface area contributed by atoms with Crippen LogP contribution in [0.3, 0.4) is 0 Å². The fourth-order valence-corrected chi connectivity index (χ4v) is 1.63. The van der Waals surface area contributed by atoms with E-state index < -0.39 is 0 Å².